The van der Waals surface area contributed by atoms with E-state index in [9.17, 15) is 14.4 Å². The van der Waals surface area contributed by atoms with Crippen LogP contribution in [0.2, 0.25) is 0 Å². The van der Waals surface area contributed by atoms with Gasteiger partial charge < -0.3 is 14.2 Å². The molecule has 0 aromatic heterocycles. The Hall–Kier alpha value is -2.47. The molecule has 0 aliphatic carbocycles. The van der Waals surface area contributed by atoms with Gasteiger partial charge in [0, 0.05) is 6.42 Å². The number of fused-ring (bicyclic) bond motifs is 2. The number of allylic oxidation sites excluding steroid dienone is 1. The Morgan fingerprint density at radius 2 is 1.96 bits per heavy atom. The van der Waals surface area contributed by atoms with E-state index in [4.69, 9.17) is 14.2 Å². The molecule has 6 heteroatoms. The summed E-state index contributed by atoms with van der Waals surface area (Å²) in [6.07, 6.45) is 2.28. The zero-order chi connectivity index (χ0) is 19.7. The van der Waals surface area contributed by atoms with Crippen LogP contribution in [0.5, 0.6) is 0 Å². The fraction of sp³-hybridized carbons (Fsp3) is 0.476. The zero-order valence-corrected chi connectivity index (χ0v) is 15.8. The second kappa shape index (κ2) is 7.27. The first-order valence-corrected chi connectivity index (χ1v) is 9.14. The summed E-state index contributed by atoms with van der Waals surface area (Å²) in [7, 11) is 0. The molecule has 2 bridgehead atoms. The standard InChI is InChI=1S/C21H24O6/c1-4-15-11-20(3)12-16(17(22)21(15,27-20)19(24)25-5-2)18(23)26-13-14-9-7-6-8-10-14/h4,6-10,16H,5,11-13H2,1-3H3/b15-4-/t16-,20+,21-/m1/s1. The van der Waals surface area contributed by atoms with Crippen molar-refractivity contribution in [2.24, 2.45) is 5.92 Å². The molecule has 1 aromatic carbocycles. The highest BCUT2D eigenvalue weighted by molar-refractivity contribution is 6.18. The van der Waals surface area contributed by atoms with E-state index in [0.29, 0.717) is 12.0 Å². The Morgan fingerprint density at radius 1 is 1.26 bits per heavy atom. The third-order valence-electron chi connectivity index (χ3n) is 5.14. The minimum Gasteiger partial charge on any atom is -0.463 e. The van der Waals surface area contributed by atoms with Gasteiger partial charge in [0.15, 0.2) is 5.78 Å². The lowest BCUT2D eigenvalue weighted by Crippen LogP contribution is -2.58. The van der Waals surface area contributed by atoms with E-state index in [1.807, 2.05) is 30.3 Å². The van der Waals surface area contributed by atoms with Crippen molar-refractivity contribution in [1.29, 1.82) is 0 Å². The minimum absolute atomic E-state index is 0.0733. The summed E-state index contributed by atoms with van der Waals surface area (Å²) in [5.74, 6) is -3.05. The Labute approximate surface area is 158 Å². The van der Waals surface area contributed by atoms with Crippen LogP contribution in [0.4, 0.5) is 0 Å². The summed E-state index contributed by atoms with van der Waals surface area (Å²) in [5.41, 5.74) is -1.26. The Bertz CT molecular complexity index is 783. The van der Waals surface area contributed by atoms with Crippen LogP contribution in [0.3, 0.4) is 0 Å². The van der Waals surface area contributed by atoms with Gasteiger partial charge in [-0.3, -0.25) is 9.59 Å². The molecular formula is C21H24O6. The van der Waals surface area contributed by atoms with Crippen molar-refractivity contribution in [3.63, 3.8) is 0 Å². The number of ketones is 1. The molecule has 144 valence electrons. The van der Waals surface area contributed by atoms with Gasteiger partial charge in [-0.2, -0.15) is 0 Å². The predicted molar refractivity (Wildman–Crippen MR) is 96.6 cm³/mol. The van der Waals surface area contributed by atoms with Crippen molar-refractivity contribution in [3.05, 3.63) is 47.5 Å². The van der Waals surface area contributed by atoms with Crippen LogP contribution in [0.1, 0.15) is 39.2 Å². The largest absolute Gasteiger partial charge is 0.463 e. The third kappa shape index (κ3) is 3.30. The highest BCUT2D eigenvalue weighted by Crippen LogP contribution is 2.52. The number of ether oxygens (including phenoxy) is 3. The molecule has 3 atom stereocenters. The molecule has 3 rings (SSSR count). The van der Waals surface area contributed by atoms with Crippen LogP contribution in [-0.4, -0.2) is 35.5 Å². The number of carbonyl (C=O) groups excluding carboxylic acids is 3. The maximum Gasteiger partial charge on any atom is 0.350 e. The molecule has 2 aliphatic rings. The molecule has 0 N–H and O–H groups in total. The van der Waals surface area contributed by atoms with Gasteiger partial charge >= 0.3 is 11.9 Å². The van der Waals surface area contributed by atoms with Gasteiger partial charge in [-0.1, -0.05) is 36.4 Å². The van der Waals surface area contributed by atoms with Crippen LogP contribution < -0.4 is 0 Å². The summed E-state index contributed by atoms with van der Waals surface area (Å²) in [6, 6.07) is 9.23. The van der Waals surface area contributed by atoms with E-state index in [1.54, 1.807) is 26.8 Å². The SMILES string of the molecule is C/C=C1/C[C@@]2(C)C[C@@H](C(=O)OCc3ccccc3)C(=O)[C@]1(C(=O)OCC)O2. The summed E-state index contributed by atoms with van der Waals surface area (Å²) in [5, 5.41) is 0. The van der Waals surface area contributed by atoms with Crippen molar-refractivity contribution in [2.45, 2.75) is 51.4 Å². The molecule has 6 nitrogen and oxygen atoms in total. The van der Waals surface area contributed by atoms with Gasteiger partial charge in [-0.25, -0.2) is 4.79 Å². The molecule has 27 heavy (non-hydrogen) atoms. The first-order valence-electron chi connectivity index (χ1n) is 9.14. The van der Waals surface area contributed by atoms with Crippen LogP contribution >= 0.6 is 0 Å². The average Bonchev–Trinajstić information content (AvgIpc) is 2.94. The summed E-state index contributed by atoms with van der Waals surface area (Å²) in [6.45, 7) is 5.41. The number of benzene rings is 1. The molecule has 0 radical (unpaired) electrons. The lowest BCUT2D eigenvalue weighted by molar-refractivity contribution is -0.195. The molecular weight excluding hydrogens is 348 g/mol. The van der Waals surface area contributed by atoms with E-state index < -0.39 is 34.8 Å². The minimum atomic E-state index is -1.84. The fourth-order valence-corrected chi connectivity index (χ4v) is 3.92. The molecule has 2 fully saturated rings. The lowest BCUT2D eigenvalue weighted by atomic mass is 9.81. The Morgan fingerprint density at radius 3 is 2.59 bits per heavy atom. The highest BCUT2D eigenvalue weighted by atomic mass is 16.6. The number of carbonyl (C=O) groups is 3. The van der Waals surface area contributed by atoms with E-state index in [-0.39, 0.29) is 19.6 Å². The van der Waals surface area contributed by atoms with Crippen molar-refractivity contribution in [2.75, 3.05) is 6.61 Å². The number of hydrogen-bond acceptors (Lipinski definition) is 6. The summed E-state index contributed by atoms with van der Waals surface area (Å²) in [4.78, 5) is 38.6. The zero-order valence-electron chi connectivity index (χ0n) is 15.8. The van der Waals surface area contributed by atoms with Crippen LogP contribution in [0, 0.1) is 5.92 Å². The lowest BCUT2D eigenvalue weighted by Gasteiger charge is -2.38. The Balaban J connectivity index is 1.86. The second-order valence-electron chi connectivity index (χ2n) is 7.16. The van der Waals surface area contributed by atoms with Gasteiger partial charge in [0.25, 0.3) is 0 Å². The van der Waals surface area contributed by atoms with Gasteiger partial charge in [0.2, 0.25) is 5.60 Å². The number of hydrogen-bond donors (Lipinski definition) is 0. The second-order valence-corrected chi connectivity index (χ2v) is 7.16. The van der Waals surface area contributed by atoms with Gasteiger partial charge in [-0.15, -0.1) is 0 Å². The summed E-state index contributed by atoms with van der Waals surface area (Å²) < 4.78 is 16.4. The predicted octanol–water partition coefficient (Wildman–Crippen LogP) is 2.75. The molecule has 2 heterocycles. The Kier molecular flexibility index (Phi) is 5.20. The molecule has 0 spiro atoms. The van der Waals surface area contributed by atoms with Gasteiger partial charge in [-0.05, 0) is 38.3 Å². The maximum absolute atomic E-state index is 13.2. The van der Waals surface area contributed by atoms with Crippen molar-refractivity contribution in [3.8, 4) is 0 Å². The maximum atomic E-state index is 13.2. The average molecular weight is 372 g/mol. The van der Waals surface area contributed by atoms with Gasteiger partial charge in [0.05, 0.1) is 12.2 Å². The summed E-state index contributed by atoms with van der Waals surface area (Å²) >= 11 is 0. The normalized spacial score (nSPS) is 31.0. The molecule has 0 saturated carbocycles. The first kappa shape index (κ1) is 19.3. The molecule has 2 saturated heterocycles. The molecule has 2 aliphatic heterocycles. The van der Waals surface area contributed by atoms with Crippen molar-refractivity contribution >= 4 is 17.7 Å². The number of rotatable bonds is 5. The first-order chi connectivity index (χ1) is 12.9. The van der Waals surface area contributed by atoms with Crippen LogP contribution in [-0.2, 0) is 35.2 Å². The van der Waals surface area contributed by atoms with E-state index in [1.165, 1.54) is 0 Å². The van der Waals surface area contributed by atoms with Gasteiger partial charge in [0.1, 0.15) is 12.5 Å². The van der Waals surface area contributed by atoms with Crippen LogP contribution in [0.15, 0.2) is 42.0 Å². The van der Waals surface area contributed by atoms with Crippen LogP contribution in [0.25, 0.3) is 0 Å². The number of esters is 2. The van der Waals surface area contributed by atoms with Crippen molar-refractivity contribution in [1.82, 2.24) is 0 Å². The molecule has 1 aromatic rings. The smallest absolute Gasteiger partial charge is 0.350 e. The van der Waals surface area contributed by atoms with E-state index in [0.717, 1.165) is 5.56 Å². The fourth-order valence-electron chi connectivity index (χ4n) is 3.92. The topological polar surface area (TPSA) is 78.9 Å². The van der Waals surface area contributed by atoms with Crippen molar-refractivity contribution < 1.29 is 28.6 Å². The van der Waals surface area contributed by atoms with E-state index >= 15 is 0 Å². The molecule has 0 amide bonds. The van der Waals surface area contributed by atoms with E-state index in [2.05, 4.69) is 0 Å². The quantitative estimate of drug-likeness (QED) is 0.449. The monoisotopic (exact) mass is 372 g/mol. The molecule has 0 unspecified atom stereocenters. The third-order valence-corrected chi connectivity index (χ3v) is 5.14. The number of Topliss-reactive ketones (excluding diaryl/α,β-unsaturated/α-hetero) is 1. The highest BCUT2D eigenvalue weighted by Gasteiger charge is 2.67.